The number of carbonyl (C=O) groups excluding carboxylic acids is 1. The van der Waals surface area contributed by atoms with Gasteiger partial charge in [0, 0.05) is 23.7 Å². The van der Waals surface area contributed by atoms with E-state index in [9.17, 15) is 4.79 Å². The number of likely N-dealkylation sites (tertiary alicyclic amines) is 1. The van der Waals surface area contributed by atoms with Gasteiger partial charge in [-0.3, -0.25) is 4.79 Å². The molecule has 0 spiro atoms. The van der Waals surface area contributed by atoms with Crippen LogP contribution in [0.4, 0.5) is 0 Å². The topological polar surface area (TPSA) is 20.3 Å². The number of amides is 1. The molecule has 0 N–H and O–H groups in total. The zero-order valence-electron chi connectivity index (χ0n) is 13.0. The van der Waals surface area contributed by atoms with Crippen LogP contribution >= 0.6 is 11.6 Å². The van der Waals surface area contributed by atoms with Crippen molar-refractivity contribution in [3.05, 3.63) is 70.7 Å². The predicted molar refractivity (Wildman–Crippen MR) is 96.2 cm³/mol. The molecule has 3 heteroatoms. The summed E-state index contributed by atoms with van der Waals surface area (Å²) in [7, 11) is 0. The number of hydrogen-bond donors (Lipinski definition) is 0. The van der Waals surface area contributed by atoms with Crippen LogP contribution in [0.25, 0.3) is 11.6 Å². The molecule has 1 aliphatic rings. The smallest absolute Gasteiger partial charge is 0.254 e. The van der Waals surface area contributed by atoms with E-state index in [1.165, 1.54) is 6.42 Å². The van der Waals surface area contributed by atoms with Gasteiger partial charge in [0.2, 0.25) is 0 Å². The molecule has 1 amide bonds. The molecule has 23 heavy (non-hydrogen) atoms. The number of carbonyl (C=O) groups is 1. The maximum atomic E-state index is 13.0. The molecule has 2 nitrogen and oxygen atoms in total. The molecule has 0 bridgehead atoms. The first-order chi connectivity index (χ1) is 11.2. The van der Waals surface area contributed by atoms with Crippen molar-refractivity contribution in [1.82, 2.24) is 4.90 Å². The first kappa shape index (κ1) is 15.8. The van der Waals surface area contributed by atoms with Crippen LogP contribution in [0, 0.1) is 0 Å². The lowest BCUT2D eigenvalue weighted by atomic mass is 10.00. The van der Waals surface area contributed by atoms with Gasteiger partial charge in [0.15, 0.2) is 0 Å². The number of benzene rings is 2. The van der Waals surface area contributed by atoms with Gasteiger partial charge < -0.3 is 4.90 Å². The third kappa shape index (κ3) is 4.02. The van der Waals surface area contributed by atoms with Crippen molar-refractivity contribution in [3.8, 4) is 0 Å². The van der Waals surface area contributed by atoms with E-state index in [-0.39, 0.29) is 5.91 Å². The molecular formula is C20H20ClNO. The summed E-state index contributed by atoms with van der Waals surface area (Å²) >= 11 is 5.99. The Labute approximate surface area is 142 Å². The van der Waals surface area contributed by atoms with Crippen LogP contribution in [0.15, 0.2) is 54.6 Å². The van der Waals surface area contributed by atoms with Gasteiger partial charge in [-0.15, -0.1) is 0 Å². The second kappa shape index (κ2) is 7.47. The molecule has 1 aliphatic heterocycles. The van der Waals surface area contributed by atoms with E-state index < -0.39 is 0 Å². The molecule has 0 atom stereocenters. The Morgan fingerprint density at radius 3 is 2.22 bits per heavy atom. The maximum Gasteiger partial charge on any atom is 0.254 e. The second-order valence-electron chi connectivity index (χ2n) is 5.83. The molecule has 3 rings (SSSR count). The van der Waals surface area contributed by atoms with Gasteiger partial charge in [0.1, 0.15) is 0 Å². The minimum Gasteiger partial charge on any atom is -0.339 e. The molecule has 0 unspecified atom stereocenters. The van der Waals surface area contributed by atoms with Crippen molar-refractivity contribution in [2.75, 3.05) is 13.1 Å². The fraction of sp³-hybridized carbons (Fsp3) is 0.250. The van der Waals surface area contributed by atoms with Gasteiger partial charge in [-0.25, -0.2) is 0 Å². The Balaban J connectivity index is 1.97. The van der Waals surface area contributed by atoms with Crippen molar-refractivity contribution in [2.24, 2.45) is 0 Å². The minimum atomic E-state index is 0.107. The van der Waals surface area contributed by atoms with Crippen LogP contribution in [0.5, 0.6) is 0 Å². The predicted octanol–water partition coefficient (Wildman–Crippen LogP) is 4.89. The molecule has 0 aliphatic carbocycles. The lowest BCUT2D eigenvalue weighted by Crippen LogP contribution is -2.36. The van der Waals surface area contributed by atoms with Crippen molar-refractivity contribution < 1.29 is 4.79 Å². The highest BCUT2D eigenvalue weighted by Gasteiger charge is 2.21. The van der Waals surface area contributed by atoms with E-state index in [1.807, 2.05) is 65.6 Å². The monoisotopic (exact) mass is 325 g/mol. The highest BCUT2D eigenvalue weighted by atomic mass is 35.5. The first-order valence-corrected chi connectivity index (χ1v) is 8.44. The Hall–Kier alpha value is -2.06. The summed E-state index contributed by atoms with van der Waals surface area (Å²) in [6, 6.07) is 17.5. The van der Waals surface area contributed by atoms with Gasteiger partial charge in [0.05, 0.1) is 0 Å². The van der Waals surface area contributed by atoms with Gasteiger partial charge in [-0.1, -0.05) is 54.1 Å². The van der Waals surface area contributed by atoms with Crippen molar-refractivity contribution >= 4 is 29.2 Å². The number of rotatable bonds is 3. The van der Waals surface area contributed by atoms with E-state index in [1.54, 1.807) is 0 Å². The summed E-state index contributed by atoms with van der Waals surface area (Å²) < 4.78 is 0. The summed E-state index contributed by atoms with van der Waals surface area (Å²) in [6.45, 7) is 1.69. The minimum absolute atomic E-state index is 0.107. The Morgan fingerprint density at radius 1 is 0.913 bits per heavy atom. The van der Waals surface area contributed by atoms with Gasteiger partial charge >= 0.3 is 0 Å². The van der Waals surface area contributed by atoms with Crippen LogP contribution < -0.4 is 0 Å². The molecule has 1 saturated heterocycles. The summed E-state index contributed by atoms with van der Waals surface area (Å²) in [5, 5.41) is 0.679. The fourth-order valence-corrected chi connectivity index (χ4v) is 3.01. The van der Waals surface area contributed by atoms with Crippen molar-refractivity contribution in [1.29, 1.82) is 0 Å². The lowest BCUT2D eigenvalue weighted by molar-refractivity contribution is -0.125. The van der Waals surface area contributed by atoms with Gasteiger partial charge in [-0.2, -0.15) is 0 Å². The average molecular weight is 326 g/mol. The maximum absolute atomic E-state index is 13.0. The van der Waals surface area contributed by atoms with E-state index in [2.05, 4.69) is 0 Å². The first-order valence-electron chi connectivity index (χ1n) is 8.06. The Morgan fingerprint density at radius 2 is 1.57 bits per heavy atom. The highest BCUT2D eigenvalue weighted by molar-refractivity contribution is 6.31. The molecule has 2 aromatic rings. The largest absolute Gasteiger partial charge is 0.339 e. The summed E-state index contributed by atoms with van der Waals surface area (Å²) in [4.78, 5) is 15.0. The quantitative estimate of drug-likeness (QED) is 0.581. The molecule has 2 aromatic carbocycles. The number of halogens is 1. The molecule has 118 valence electrons. The van der Waals surface area contributed by atoms with E-state index >= 15 is 0 Å². The molecule has 0 radical (unpaired) electrons. The van der Waals surface area contributed by atoms with Gasteiger partial charge in [-0.05, 0) is 48.6 Å². The molecule has 0 aromatic heterocycles. The third-order valence-corrected chi connectivity index (χ3v) is 4.39. The van der Waals surface area contributed by atoms with Crippen LogP contribution in [0.2, 0.25) is 5.02 Å². The SMILES string of the molecule is O=C(/C(=C/c1ccccc1)c1ccc(Cl)cc1)N1CCCCC1. The highest BCUT2D eigenvalue weighted by Crippen LogP contribution is 2.24. The fourth-order valence-electron chi connectivity index (χ4n) is 2.88. The van der Waals surface area contributed by atoms with Crippen LogP contribution in [0.3, 0.4) is 0 Å². The van der Waals surface area contributed by atoms with E-state index in [4.69, 9.17) is 11.6 Å². The molecule has 1 heterocycles. The Bertz CT molecular complexity index is 685. The average Bonchev–Trinajstić information content (AvgIpc) is 2.62. The standard InChI is InChI=1S/C20H20ClNO/c21-18-11-9-17(10-12-18)19(15-16-7-3-1-4-8-16)20(23)22-13-5-2-6-14-22/h1,3-4,7-12,15H,2,5-6,13-14H2/b19-15+. The summed E-state index contributed by atoms with van der Waals surface area (Å²) in [5.41, 5.74) is 2.67. The summed E-state index contributed by atoms with van der Waals surface area (Å²) in [6.07, 6.45) is 5.36. The molecule has 0 saturated carbocycles. The zero-order chi connectivity index (χ0) is 16.1. The zero-order valence-corrected chi connectivity index (χ0v) is 13.8. The van der Waals surface area contributed by atoms with Crippen LogP contribution in [-0.2, 0) is 4.79 Å². The molecular weight excluding hydrogens is 306 g/mol. The summed E-state index contributed by atoms with van der Waals surface area (Å²) in [5.74, 6) is 0.107. The normalized spacial score (nSPS) is 15.5. The van der Waals surface area contributed by atoms with Crippen LogP contribution in [0.1, 0.15) is 30.4 Å². The third-order valence-electron chi connectivity index (χ3n) is 4.14. The Kier molecular flexibility index (Phi) is 5.14. The number of piperidine rings is 1. The number of hydrogen-bond acceptors (Lipinski definition) is 1. The van der Waals surface area contributed by atoms with E-state index in [0.29, 0.717) is 5.02 Å². The lowest BCUT2D eigenvalue weighted by Gasteiger charge is -2.28. The van der Waals surface area contributed by atoms with E-state index in [0.717, 1.165) is 42.6 Å². The number of nitrogens with zero attached hydrogens (tertiary/aromatic N) is 1. The van der Waals surface area contributed by atoms with Crippen LogP contribution in [-0.4, -0.2) is 23.9 Å². The van der Waals surface area contributed by atoms with Crippen molar-refractivity contribution in [3.63, 3.8) is 0 Å². The molecule has 1 fully saturated rings. The van der Waals surface area contributed by atoms with Crippen molar-refractivity contribution in [2.45, 2.75) is 19.3 Å². The second-order valence-corrected chi connectivity index (χ2v) is 6.26. The van der Waals surface area contributed by atoms with Gasteiger partial charge in [0.25, 0.3) is 5.91 Å².